The molecular weight excluding hydrogens is 234 g/mol. The third-order valence-corrected chi connectivity index (χ3v) is 4.90. The number of hydrogen-bond donors (Lipinski definition) is 1. The van der Waals surface area contributed by atoms with Crippen LogP contribution in [-0.2, 0) is 13.0 Å². The fourth-order valence-electron chi connectivity index (χ4n) is 2.69. The third-order valence-electron chi connectivity index (χ3n) is 3.62. The van der Waals surface area contributed by atoms with Crippen LogP contribution in [0.4, 0.5) is 0 Å². The van der Waals surface area contributed by atoms with E-state index < -0.39 is 6.10 Å². The first-order valence-corrected chi connectivity index (χ1v) is 7.68. The summed E-state index contributed by atoms with van der Waals surface area (Å²) < 4.78 is 1.90. The van der Waals surface area contributed by atoms with E-state index in [0.717, 1.165) is 43.4 Å². The zero-order chi connectivity index (χ0) is 11.7. The molecule has 1 N–H and O–H groups in total. The number of fused-ring (bicyclic) bond motifs is 1. The summed E-state index contributed by atoms with van der Waals surface area (Å²) in [5.41, 5.74) is 0. The molecule has 0 saturated carbocycles. The fraction of sp³-hybridized carbons (Fsp3) is 0.833. The molecule has 0 radical (unpaired) electrons. The summed E-state index contributed by atoms with van der Waals surface area (Å²) in [6.45, 7) is 0.915. The highest BCUT2D eigenvalue weighted by molar-refractivity contribution is 7.99. The molecule has 1 aromatic heterocycles. The molecule has 0 aliphatic carbocycles. The van der Waals surface area contributed by atoms with Gasteiger partial charge in [-0.15, -0.1) is 0 Å². The monoisotopic (exact) mass is 253 g/mol. The van der Waals surface area contributed by atoms with E-state index in [1.54, 1.807) is 0 Å². The predicted octanol–water partition coefficient (Wildman–Crippen LogP) is 1.79. The number of nitrogens with zero attached hydrogens (tertiary/aromatic N) is 3. The summed E-state index contributed by atoms with van der Waals surface area (Å²) in [5, 5.41) is 14.4. The molecule has 2 atom stereocenters. The van der Waals surface area contributed by atoms with Gasteiger partial charge in [-0.1, -0.05) is 0 Å². The zero-order valence-electron chi connectivity index (χ0n) is 10.0. The molecule has 0 amide bonds. The summed E-state index contributed by atoms with van der Waals surface area (Å²) >= 11 is 2.05. The lowest BCUT2D eigenvalue weighted by atomic mass is 10.0. The van der Waals surface area contributed by atoms with Crippen LogP contribution in [0.3, 0.4) is 0 Å². The molecule has 3 heterocycles. The molecule has 3 rings (SSSR count). The normalized spacial score (nSPS) is 29.0. The fourth-order valence-corrected chi connectivity index (χ4v) is 3.85. The van der Waals surface area contributed by atoms with Crippen LogP contribution in [0, 0.1) is 5.92 Å². The van der Waals surface area contributed by atoms with E-state index >= 15 is 0 Å². The maximum absolute atomic E-state index is 9.85. The number of thioether (sulfide) groups is 1. The van der Waals surface area contributed by atoms with Crippen molar-refractivity contribution in [2.24, 2.45) is 5.92 Å². The van der Waals surface area contributed by atoms with Gasteiger partial charge in [-0.05, 0) is 43.1 Å². The second-order valence-electron chi connectivity index (χ2n) is 5.05. The number of aromatic nitrogens is 3. The van der Waals surface area contributed by atoms with Crippen LogP contribution in [0.2, 0.25) is 0 Å². The Balaban J connectivity index is 1.71. The number of rotatable bonds is 2. The van der Waals surface area contributed by atoms with Gasteiger partial charge in [0.2, 0.25) is 0 Å². The molecule has 2 aliphatic rings. The van der Waals surface area contributed by atoms with Crippen molar-refractivity contribution >= 4 is 11.8 Å². The molecule has 1 saturated heterocycles. The highest BCUT2D eigenvalue weighted by atomic mass is 32.2. The average molecular weight is 253 g/mol. The molecule has 2 aliphatic heterocycles. The van der Waals surface area contributed by atoms with E-state index in [0.29, 0.717) is 0 Å². The summed E-state index contributed by atoms with van der Waals surface area (Å²) in [6, 6.07) is 0. The van der Waals surface area contributed by atoms with Gasteiger partial charge in [-0.2, -0.15) is 16.9 Å². The Bertz CT molecular complexity index is 387. The van der Waals surface area contributed by atoms with Crippen LogP contribution in [0.25, 0.3) is 0 Å². The van der Waals surface area contributed by atoms with Gasteiger partial charge in [0.15, 0.2) is 11.6 Å². The van der Waals surface area contributed by atoms with Crippen LogP contribution in [0.5, 0.6) is 0 Å². The average Bonchev–Trinajstić information content (AvgIpc) is 2.74. The number of aliphatic hydroxyl groups excluding tert-OH is 1. The van der Waals surface area contributed by atoms with Gasteiger partial charge in [0.1, 0.15) is 6.10 Å². The third kappa shape index (κ3) is 2.50. The Morgan fingerprint density at radius 3 is 3.06 bits per heavy atom. The molecule has 0 spiro atoms. The Morgan fingerprint density at radius 2 is 2.29 bits per heavy atom. The largest absolute Gasteiger partial charge is 0.385 e. The van der Waals surface area contributed by atoms with E-state index in [1.165, 1.54) is 24.3 Å². The van der Waals surface area contributed by atoms with Gasteiger partial charge in [0.05, 0.1) is 0 Å². The van der Waals surface area contributed by atoms with Crippen molar-refractivity contribution in [1.82, 2.24) is 14.8 Å². The molecule has 0 aromatic carbocycles. The van der Waals surface area contributed by atoms with Gasteiger partial charge in [0, 0.05) is 13.0 Å². The van der Waals surface area contributed by atoms with Gasteiger partial charge in [-0.25, -0.2) is 9.67 Å². The first-order valence-electron chi connectivity index (χ1n) is 6.52. The highest BCUT2D eigenvalue weighted by Crippen LogP contribution is 2.27. The topological polar surface area (TPSA) is 50.9 Å². The summed E-state index contributed by atoms with van der Waals surface area (Å²) in [7, 11) is 0. The SMILES string of the molecule is OC1CCCn2nc(CC3CCCSC3)nc21. The van der Waals surface area contributed by atoms with Crippen molar-refractivity contribution in [2.75, 3.05) is 11.5 Å². The molecule has 4 nitrogen and oxygen atoms in total. The number of aliphatic hydroxyl groups is 1. The Hall–Kier alpha value is -0.550. The molecule has 94 valence electrons. The Morgan fingerprint density at radius 1 is 1.35 bits per heavy atom. The van der Waals surface area contributed by atoms with E-state index in [2.05, 4.69) is 10.1 Å². The lowest BCUT2D eigenvalue weighted by Crippen LogP contribution is -2.16. The number of aryl methyl sites for hydroxylation is 1. The molecule has 1 fully saturated rings. The minimum absolute atomic E-state index is 0.397. The zero-order valence-corrected chi connectivity index (χ0v) is 10.8. The van der Waals surface area contributed by atoms with E-state index in [1.807, 2.05) is 16.4 Å². The van der Waals surface area contributed by atoms with Crippen molar-refractivity contribution < 1.29 is 5.11 Å². The minimum Gasteiger partial charge on any atom is -0.385 e. The van der Waals surface area contributed by atoms with Crippen LogP contribution in [-0.4, -0.2) is 31.4 Å². The quantitative estimate of drug-likeness (QED) is 0.873. The van der Waals surface area contributed by atoms with E-state index in [-0.39, 0.29) is 0 Å². The Labute approximate surface area is 106 Å². The molecule has 0 bridgehead atoms. The van der Waals surface area contributed by atoms with Crippen molar-refractivity contribution in [1.29, 1.82) is 0 Å². The lowest BCUT2D eigenvalue weighted by molar-refractivity contribution is 0.130. The van der Waals surface area contributed by atoms with Gasteiger partial charge < -0.3 is 5.11 Å². The van der Waals surface area contributed by atoms with Crippen LogP contribution >= 0.6 is 11.8 Å². The molecule has 17 heavy (non-hydrogen) atoms. The highest BCUT2D eigenvalue weighted by Gasteiger charge is 2.23. The van der Waals surface area contributed by atoms with Crippen molar-refractivity contribution in [3.05, 3.63) is 11.6 Å². The molecular formula is C12H19N3OS. The summed E-state index contributed by atoms with van der Waals surface area (Å²) in [4.78, 5) is 4.52. The molecule has 2 unspecified atom stereocenters. The van der Waals surface area contributed by atoms with Crippen LogP contribution in [0.15, 0.2) is 0 Å². The van der Waals surface area contributed by atoms with Gasteiger partial charge in [-0.3, -0.25) is 0 Å². The van der Waals surface area contributed by atoms with E-state index in [4.69, 9.17) is 0 Å². The van der Waals surface area contributed by atoms with Crippen molar-refractivity contribution in [3.63, 3.8) is 0 Å². The van der Waals surface area contributed by atoms with Gasteiger partial charge in [0.25, 0.3) is 0 Å². The summed E-state index contributed by atoms with van der Waals surface area (Å²) in [6.07, 6.45) is 5.06. The summed E-state index contributed by atoms with van der Waals surface area (Å²) in [5.74, 6) is 5.01. The van der Waals surface area contributed by atoms with Crippen LogP contribution in [0.1, 0.15) is 43.4 Å². The van der Waals surface area contributed by atoms with Crippen molar-refractivity contribution in [3.8, 4) is 0 Å². The molecule has 1 aromatic rings. The van der Waals surface area contributed by atoms with E-state index in [9.17, 15) is 5.11 Å². The van der Waals surface area contributed by atoms with Gasteiger partial charge >= 0.3 is 0 Å². The predicted molar refractivity (Wildman–Crippen MR) is 68.0 cm³/mol. The maximum Gasteiger partial charge on any atom is 0.156 e. The molecule has 5 heteroatoms. The smallest absolute Gasteiger partial charge is 0.156 e. The second kappa shape index (κ2) is 4.98. The lowest BCUT2D eigenvalue weighted by Gasteiger charge is -2.19. The minimum atomic E-state index is -0.397. The first kappa shape index (κ1) is 11.5. The second-order valence-corrected chi connectivity index (χ2v) is 6.20. The van der Waals surface area contributed by atoms with Crippen molar-refractivity contribution in [2.45, 2.75) is 44.8 Å². The number of hydrogen-bond acceptors (Lipinski definition) is 4. The Kier molecular flexibility index (Phi) is 3.38. The first-order chi connectivity index (χ1) is 8.33. The maximum atomic E-state index is 9.85. The standard InChI is InChI=1S/C12H19N3OS/c16-10-4-1-5-15-12(10)13-11(14-15)7-9-3-2-6-17-8-9/h9-10,16H,1-8H2. The van der Waals surface area contributed by atoms with Crippen LogP contribution < -0.4 is 0 Å².